The molecule has 2 amide bonds. The zero-order valence-corrected chi connectivity index (χ0v) is 11.3. The Morgan fingerprint density at radius 1 is 1.20 bits per heavy atom. The molecule has 0 spiro atoms. The number of urea groups is 1. The van der Waals surface area contributed by atoms with Crippen LogP contribution >= 0.6 is 0 Å². The summed E-state index contributed by atoms with van der Waals surface area (Å²) in [5.41, 5.74) is 9.57. The highest BCUT2D eigenvalue weighted by Gasteiger charge is 2.30. The number of hydrogen-bond acceptors (Lipinski definition) is 2. The van der Waals surface area contributed by atoms with Crippen molar-refractivity contribution in [1.82, 2.24) is 5.32 Å². The van der Waals surface area contributed by atoms with Crippen LogP contribution in [-0.4, -0.2) is 12.6 Å². The van der Waals surface area contributed by atoms with E-state index in [0.29, 0.717) is 12.2 Å². The van der Waals surface area contributed by atoms with E-state index in [-0.39, 0.29) is 12.1 Å². The minimum absolute atomic E-state index is 0.0277. The summed E-state index contributed by atoms with van der Waals surface area (Å²) in [6, 6.07) is 15.5. The van der Waals surface area contributed by atoms with Crippen molar-refractivity contribution in [2.24, 2.45) is 0 Å². The lowest BCUT2D eigenvalue weighted by molar-refractivity contribution is 0.251. The molecule has 3 rings (SSSR count). The van der Waals surface area contributed by atoms with Gasteiger partial charge in [-0.15, -0.1) is 0 Å². The van der Waals surface area contributed by atoms with E-state index < -0.39 is 0 Å². The molecule has 0 bridgehead atoms. The summed E-state index contributed by atoms with van der Waals surface area (Å²) in [5.74, 6) is 0. The number of amides is 2. The zero-order valence-electron chi connectivity index (χ0n) is 11.3. The van der Waals surface area contributed by atoms with Crippen LogP contribution < -0.4 is 16.0 Å². The first-order valence-corrected chi connectivity index (χ1v) is 6.63. The molecule has 0 aliphatic carbocycles. The number of rotatable bonds is 2. The van der Waals surface area contributed by atoms with Gasteiger partial charge in [-0.25, -0.2) is 4.79 Å². The molecule has 1 atom stereocenters. The molecule has 4 heteroatoms. The second-order valence-corrected chi connectivity index (χ2v) is 5.12. The highest BCUT2D eigenvalue weighted by Crippen LogP contribution is 2.26. The Bertz CT molecular complexity index is 636. The number of anilines is 2. The summed E-state index contributed by atoms with van der Waals surface area (Å²) >= 11 is 0. The average Bonchev–Trinajstić information content (AvgIpc) is 2.82. The standard InChI is InChI=1S/C16H17N3O/c1-11-3-2-4-12(9-11)15-10-19(16(20)18-15)14-7-5-13(17)6-8-14/h2-9,15H,10,17H2,1H3,(H,18,20). The fraction of sp³-hybridized carbons (Fsp3) is 0.188. The maximum atomic E-state index is 12.1. The van der Waals surface area contributed by atoms with Gasteiger partial charge in [-0.2, -0.15) is 0 Å². The average molecular weight is 267 g/mol. The molecule has 1 aliphatic heterocycles. The van der Waals surface area contributed by atoms with Gasteiger partial charge in [0.15, 0.2) is 0 Å². The Hall–Kier alpha value is -2.49. The lowest BCUT2D eigenvalue weighted by atomic mass is 10.1. The van der Waals surface area contributed by atoms with E-state index in [1.807, 2.05) is 36.4 Å². The second kappa shape index (κ2) is 4.89. The molecule has 1 saturated heterocycles. The fourth-order valence-corrected chi connectivity index (χ4v) is 2.49. The van der Waals surface area contributed by atoms with E-state index in [1.165, 1.54) is 5.56 Å². The smallest absolute Gasteiger partial charge is 0.322 e. The molecule has 1 heterocycles. The van der Waals surface area contributed by atoms with Crippen molar-refractivity contribution in [2.45, 2.75) is 13.0 Å². The molecule has 20 heavy (non-hydrogen) atoms. The van der Waals surface area contributed by atoms with Gasteiger partial charge in [-0.05, 0) is 36.8 Å². The van der Waals surface area contributed by atoms with Crippen LogP contribution in [0.2, 0.25) is 0 Å². The summed E-state index contributed by atoms with van der Waals surface area (Å²) in [6.45, 7) is 2.68. The quantitative estimate of drug-likeness (QED) is 0.822. The first kappa shape index (κ1) is 12.5. The van der Waals surface area contributed by atoms with Gasteiger partial charge in [0.05, 0.1) is 12.6 Å². The fourth-order valence-electron chi connectivity index (χ4n) is 2.49. The number of aryl methyl sites for hydroxylation is 1. The lowest BCUT2D eigenvalue weighted by Gasteiger charge is -2.15. The van der Waals surface area contributed by atoms with Gasteiger partial charge in [0.2, 0.25) is 0 Å². The van der Waals surface area contributed by atoms with Crippen molar-refractivity contribution in [3.05, 3.63) is 59.7 Å². The van der Waals surface area contributed by atoms with Gasteiger partial charge in [-0.1, -0.05) is 29.8 Å². The molecular formula is C16H17N3O. The van der Waals surface area contributed by atoms with Crippen LogP contribution in [0.1, 0.15) is 17.2 Å². The Kier molecular flexibility index (Phi) is 3.06. The molecule has 2 aromatic rings. The number of nitrogens with two attached hydrogens (primary N) is 1. The van der Waals surface area contributed by atoms with Gasteiger partial charge >= 0.3 is 6.03 Å². The lowest BCUT2D eigenvalue weighted by Crippen LogP contribution is -2.27. The van der Waals surface area contributed by atoms with Crippen LogP contribution in [0.4, 0.5) is 16.2 Å². The number of nitrogens with one attached hydrogen (secondary N) is 1. The monoisotopic (exact) mass is 267 g/mol. The van der Waals surface area contributed by atoms with Crippen LogP contribution in [0.15, 0.2) is 48.5 Å². The first-order chi connectivity index (χ1) is 9.63. The number of carbonyl (C=O) groups is 1. The topological polar surface area (TPSA) is 58.4 Å². The van der Waals surface area contributed by atoms with Crippen LogP contribution in [0.5, 0.6) is 0 Å². The number of carbonyl (C=O) groups excluding carboxylic acids is 1. The van der Waals surface area contributed by atoms with E-state index in [0.717, 1.165) is 11.3 Å². The first-order valence-electron chi connectivity index (χ1n) is 6.63. The second-order valence-electron chi connectivity index (χ2n) is 5.12. The van der Waals surface area contributed by atoms with Crippen molar-refractivity contribution in [1.29, 1.82) is 0 Å². The number of nitrogen functional groups attached to an aromatic ring is 1. The minimum atomic E-state index is -0.0683. The molecule has 2 aromatic carbocycles. The van der Waals surface area contributed by atoms with Gasteiger partial charge < -0.3 is 11.1 Å². The molecule has 0 radical (unpaired) electrons. The Balaban J connectivity index is 1.83. The van der Waals surface area contributed by atoms with Gasteiger partial charge in [0, 0.05) is 11.4 Å². The Morgan fingerprint density at radius 2 is 1.95 bits per heavy atom. The van der Waals surface area contributed by atoms with Gasteiger partial charge in [0.25, 0.3) is 0 Å². The predicted molar refractivity (Wildman–Crippen MR) is 80.7 cm³/mol. The third kappa shape index (κ3) is 2.32. The maximum Gasteiger partial charge on any atom is 0.322 e. The predicted octanol–water partition coefficient (Wildman–Crippen LogP) is 2.85. The molecule has 1 unspecified atom stereocenters. The molecule has 3 N–H and O–H groups in total. The third-order valence-electron chi connectivity index (χ3n) is 3.56. The van der Waals surface area contributed by atoms with E-state index in [1.54, 1.807) is 4.90 Å². The SMILES string of the molecule is Cc1cccc(C2CN(c3ccc(N)cc3)C(=O)N2)c1. The van der Waals surface area contributed by atoms with E-state index >= 15 is 0 Å². The highest BCUT2D eigenvalue weighted by atomic mass is 16.2. The minimum Gasteiger partial charge on any atom is -0.399 e. The van der Waals surface area contributed by atoms with Crippen LogP contribution in [0.25, 0.3) is 0 Å². The van der Waals surface area contributed by atoms with Crippen molar-refractivity contribution in [3.8, 4) is 0 Å². The molecular weight excluding hydrogens is 250 g/mol. The van der Waals surface area contributed by atoms with E-state index in [2.05, 4.69) is 24.4 Å². The Labute approximate surface area is 118 Å². The summed E-state index contributed by atoms with van der Waals surface area (Å²) in [4.78, 5) is 13.9. The van der Waals surface area contributed by atoms with Crippen LogP contribution in [0.3, 0.4) is 0 Å². The van der Waals surface area contributed by atoms with E-state index in [4.69, 9.17) is 5.73 Å². The normalized spacial score (nSPS) is 18.1. The summed E-state index contributed by atoms with van der Waals surface area (Å²) in [7, 11) is 0. The molecule has 0 aromatic heterocycles. The van der Waals surface area contributed by atoms with Gasteiger partial charge in [0.1, 0.15) is 0 Å². The zero-order chi connectivity index (χ0) is 14.1. The summed E-state index contributed by atoms with van der Waals surface area (Å²) < 4.78 is 0. The molecule has 102 valence electrons. The number of hydrogen-bond donors (Lipinski definition) is 2. The van der Waals surface area contributed by atoms with E-state index in [9.17, 15) is 4.79 Å². The molecule has 1 fully saturated rings. The van der Waals surface area contributed by atoms with Crippen molar-refractivity contribution in [3.63, 3.8) is 0 Å². The molecule has 4 nitrogen and oxygen atoms in total. The van der Waals surface area contributed by atoms with Crippen LogP contribution in [-0.2, 0) is 0 Å². The van der Waals surface area contributed by atoms with Crippen molar-refractivity contribution < 1.29 is 4.79 Å². The van der Waals surface area contributed by atoms with Crippen molar-refractivity contribution >= 4 is 17.4 Å². The van der Waals surface area contributed by atoms with Crippen molar-refractivity contribution in [2.75, 3.05) is 17.2 Å². The third-order valence-corrected chi connectivity index (χ3v) is 3.56. The molecule has 1 aliphatic rings. The highest BCUT2D eigenvalue weighted by molar-refractivity contribution is 5.94. The van der Waals surface area contributed by atoms with Gasteiger partial charge in [-0.3, -0.25) is 4.90 Å². The Morgan fingerprint density at radius 3 is 2.65 bits per heavy atom. The largest absolute Gasteiger partial charge is 0.399 e. The summed E-state index contributed by atoms with van der Waals surface area (Å²) in [6.07, 6.45) is 0. The van der Waals surface area contributed by atoms with Crippen LogP contribution in [0, 0.1) is 6.92 Å². The number of nitrogens with zero attached hydrogens (tertiary/aromatic N) is 1. The maximum absolute atomic E-state index is 12.1. The molecule has 0 saturated carbocycles. The summed E-state index contributed by atoms with van der Waals surface area (Å²) in [5, 5.41) is 3.02. The number of benzene rings is 2.